The molecule has 3 N–H and O–H groups in total. The number of carbonyl (C=O) groups is 1. The highest BCUT2D eigenvalue weighted by Crippen LogP contribution is 2.46. The molecule has 5 rings (SSSR count). The summed E-state index contributed by atoms with van der Waals surface area (Å²) >= 11 is 6.38. The van der Waals surface area contributed by atoms with Crippen LogP contribution in [0.1, 0.15) is 55.3 Å². The van der Waals surface area contributed by atoms with Gasteiger partial charge in [-0.1, -0.05) is 54.9 Å². The van der Waals surface area contributed by atoms with E-state index in [1.165, 1.54) is 11.1 Å². The van der Waals surface area contributed by atoms with Crippen molar-refractivity contribution >= 4 is 28.8 Å². The fourth-order valence-electron chi connectivity index (χ4n) is 5.03. The number of allylic oxidation sites excluding steroid dienone is 1. The van der Waals surface area contributed by atoms with E-state index in [-0.39, 0.29) is 22.5 Å². The summed E-state index contributed by atoms with van der Waals surface area (Å²) in [5.41, 5.74) is 6.66. The van der Waals surface area contributed by atoms with Crippen LogP contribution < -0.4 is 15.4 Å². The van der Waals surface area contributed by atoms with Crippen LogP contribution in [0.25, 0.3) is 0 Å². The van der Waals surface area contributed by atoms with E-state index in [0.717, 1.165) is 35.5 Å². The largest absolute Gasteiger partial charge is 0.503 e. The molecular weight excluding hydrogens is 460 g/mol. The standard InChI is InChI=1S/C29H29ClN2O3/c1-3-17-9-11-18(12-10-17)19-14-24-27(25(33)15-19)28(32-23-8-6-5-7-22(23)31-24)20-13-21(30)29(34)26(16-20)35-4-2/h5-13,16,19,28,31-32,34H,3-4,14-15H2,1-2H3. The number of halogens is 1. The van der Waals surface area contributed by atoms with Crippen LogP contribution >= 0.6 is 11.6 Å². The second-order valence-electron chi connectivity index (χ2n) is 9.05. The Hall–Kier alpha value is -3.44. The van der Waals surface area contributed by atoms with E-state index < -0.39 is 6.04 Å². The zero-order valence-corrected chi connectivity index (χ0v) is 20.7. The minimum absolute atomic E-state index is 0.0933. The number of aryl methyl sites for hydroxylation is 1. The zero-order chi connectivity index (χ0) is 24.5. The van der Waals surface area contributed by atoms with Crippen LogP contribution in [0.15, 0.2) is 71.9 Å². The molecule has 0 saturated heterocycles. The Kier molecular flexibility index (Phi) is 6.44. The molecule has 0 radical (unpaired) electrons. The van der Waals surface area contributed by atoms with Crippen LogP contribution in [0, 0.1) is 0 Å². The monoisotopic (exact) mass is 488 g/mol. The maximum atomic E-state index is 13.7. The Balaban J connectivity index is 1.60. The van der Waals surface area contributed by atoms with Crippen molar-refractivity contribution in [3.05, 3.63) is 93.6 Å². The molecule has 2 aliphatic rings. The fraction of sp³-hybridized carbons (Fsp3) is 0.276. The number of carbonyl (C=O) groups excluding carboxylic acids is 1. The van der Waals surface area contributed by atoms with Crippen molar-refractivity contribution in [1.29, 1.82) is 0 Å². The van der Waals surface area contributed by atoms with E-state index in [1.54, 1.807) is 12.1 Å². The quantitative estimate of drug-likeness (QED) is 0.361. The van der Waals surface area contributed by atoms with Crippen molar-refractivity contribution < 1.29 is 14.6 Å². The first-order valence-corrected chi connectivity index (χ1v) is 12.5. The number of phenols is 1. The minimum atomic E-state index is -0.436. The van der Waals surface area contributed by atoms with Gasteiger partial charge in [-0.05, 0) is 66.6 Å². The van der Waals surface area contributed by atoms with E-state index in [1.807, 2.05) is 31.2 Å². The predicted octanol–water partition coefficient (Wildman–Crippen LogP) is 6.99. The minimum Gasteiger partial charge on any atom is -0.503 e. The number of ether oxygens (including phenoxy) is 1. The zero-order valence-electron chi connectivity index (χ0n) is 19.9. The summed E-state index contributed by atoms with van der Waals surface area (Å²) in [6, 6.07) is 19.6. The van der Waals surface area contributed by atoms with E-state index in [2.05, 4.69) is 41.8 Å². The number of hydrogen-bond acceptors (Lipinski definition) is 5. The Bertz CT molecular complexity index is 1300. The smallest absolute Gasteiger partial charge is 0.176 e. The molecule has 0 amide bonds. The summed E-state index contributed by atoms with van der Waals surface area (Å²) < 4.78 is 5.63. The van der Waals surface area contributed by atoms with Gasteiger partial charge in [0.1, 0.15) is 0 Å². The average Bonchev–Trinajstić information content (AvgIpc) is 3.04. The molecule has 35 heavy (non-hydrogen) atoms. The molecule has 5 nitrogen and oxygen atoms in total. The summed E-state index contributed by atoms with van der Waals surface area (Å²) in [5, 5.41) is 17.7. The predicted molar refractivity (Wildman–Crippen MR) is 141 cm³/mol. The van der Waals surface area contributed by atoms with Gasteiger partial charge in [0.25, 0.3) is 0 Å². The van der Waals surface area contributed by atoms with E-state index in [4.69, 9.17) is 16.3 Å². The molecule has 6 heteroatoms. The molecule has 0 saturated carbocycles. The molecular formula is C29H29ClN2O3. The van der Waals surface area contributed by atoms with Gasteiger partial charge in [0.05, 0.1) is 29.0 Å². The van der Waals surface area contributed by atoms with Crippen LogP contribution in [0.4, 0.5) is 11.4 Å². The molecule has 1 aliphatic carbocycles. The number of nitrogens with one attached hydrogen (secondary N) is 2. The van der Waals surface area contributed by atoms with Gasteiger partial charge in [-0.15, -0.1) is 0 Å². The number of Topliss-reactive ketones (excluding diaryl/α,β-unsaturated/α-hetero) is 1. The number of rotatable bonds is 5. The summed E-state index contributed by atoms with van der Waals surface area (Å²) in [7, 11) is 0. The van der Waals surface area contributed by atoms with Crippen molar-refractivity contribution in [2.45, 2.75) is 45.1 Å². The molecule has 0 fully saturated rings. The lowest BCUT2D eigenvalue weighted by Crippen LogP contribution is -2.27. The molecule has 0 spiro atoms. The van der Waals surface area contributed by atoms with Crippen molar-refractivity contribution in [1.82, 2.24) is 0 Å². The van der Waals surface area contributed by atoms with Crippen molar-refractivity contribution in [2.75, 3.05) is 17.2 Å². The van der Waals surface area contributed by atoms with Gasteiger partial charge in [0, 0.05) is 17.7 Å². The first-order chi connectivity index (χ1) is 17.0. The van der Waals surface area contributed by atoms with Gasteiger partial charge in [-0.2, -0.15) is 0 Å². The highest BCUT2D eigenvalue weighted by molar-refractivity contribution is 6.32. The van der Waals surface area contributed by atoms with E-state index in [9.17, 15) is 9.90 Å². The van der Waals surface area contributed by atoms with Crippen LogP contribution in [0.3, 0.4) is 0 Å². The third-order valence-electron chi connectivity index (χ3n) is 6.85. The molecule has 0 bridgehead atoms. The van der Waals surface area contributed by atoms with Crippen LogP contribution in [0.5, 0.6) is 11.5 Å². The lowest BCUT2D eigenvalue weighted by Gasteiger charge is -2.30. The maximum absolute atomic E-state index is 13.7. The SMILES string of the molecule is CCOc1cc(C2Nc3ccccc3NC3=C2C(=O)CC(c2ccc(CC)cc2)C3)cc(Cl)c1O. The fourth-order valence-corrected chi connectivity index (χ4v) is 5.25. The number of benzene rings is 3. The third kappa shape index (κ3) is 4.48. The number of hydrogen-bond donors (Lipinski definition) is 3. The number of anilines is 2. The molecule has 1 heterocycles. The maximum Gasteiger partial charge on any atom is 0.176 e. The first kappa shape index (κ1) is 23.3. The number of fused-ring (bicyclic) bond motifs is 1. The van der Waals surface area contributed by atoms with E-state index in [0.29, 0.717) is 24.4 Å². The van der Waals surface area contributed by atoms with Crippen LogP contribution in [-0.4, -0.2) is 17.5 Å². The highest BCUT2D eigenvalue weighted by atomic mass is 35.5. The number of aromatic hydroxyl groups is 1. The Morgan fingerprint density at radius 1 is 1.00 bits per heavy atom. The summed E-state index contributed by atoms with van der Waals surface area (Å²) in [4.78, 5) is 13.7. The number of ketones is 1. The number of para-hydroxylation sites is 2. The lowest BCUT2D eigenvalue weighted by atomic mass is 9.78. The molecule has 1 aliphatic heterocycles. The van der Waals surface area contributed by atoms with Gasteiger partial charge in [0.2, 0.25) is 0 Å². The second-order valence-corrected chi connectivity index (χ2v) is 9.45. The molecule has 3 aromatic rings. The lowest BCUT2D eigenvalue weighted by molar-refractivity contribution is -0.116. The van der Waals surface area contributed by atoms with Gasteiger partial charge < -0.3 is 20.5 Å². The molecule has 0 aromatic heterocycles. The van der Waals surface area contributed by atoms with Gasteiger partial charge in [-0.3, -0.25) is 4.79 Å². The number of phenolic OH excluding ortho intramolecular Hbond substituents is 1. The summed E-state index contributed by atoms with van der Waals surface area (Å²) in [6.45, 7) is 4.38. The summed E-state index contributed by atoms with van der Waals surface area (Å²) in [6.07, 6.45) is 2.15. The van der Waals surface area contributed by atoms with Crippen molar-refractivity contribution in [3.8, 4) is 11.5 Å². The topological polar surface area (TPSA) is 70.6 Å². The molecule has 2 unspecified atom stereocenters. The van der Waals surface area contributed by atoms with Crippen LogP contribution in [0.2, 0.25) is 5.02 Å². The second kappa shape index (κ2) is 9.67. The Morgan fingerprint density at radius 3 is 2.46 bits per heavy atom. The van der Waals surface area contributed by atoms with E-state index >= 15 is 0 Å². The highest BCUT2D eigenvalue weighted by Gasteiger charge is 2.36. The van der Waals surface area contributed by atoms with Gasteiger partial charge in [0.15, 0.2) is 17.3 Å². The molecule has 3 aromatic carbocycles. The molecule has 180 valence electrons. The Morgan fingerprint density at radius 2 is 1.74 bits per heavy atom. The Labute approximate surface area is 210 Å². The first-order valence-electron chi connectivity index (χ1n) is 12.1. The summed E-state index contributed by atoms with van der Waals surface area (Å²) in [5.74, 6) is 0.412. The van der Waals surface area contributed by atoms with Gasteiger partial charge >= 0.3 is 0 Å². The molecule has 2 atom stereocenters. The van der Waals surface area contributed by atoms with Crippen molar-refractivity contribution in [3.63, 3.8) is 0 Å². The van der Waals surface area contributed by atoms with Crippen molar-refractivity contribution in [2.24, 2.45) is 0 Å². The van der Waals surface area contributed by atoms with Crippen LogP contribution in [-0.2, 0) is 11.2 Å². The average molecular weight is 489 g/mol. The third-order valence-corrected chi connectivity index (χ3v) is 7.14. The normalized spacial score (nSPS) is 19.2. The van der Waals surface area contributed by atoms with Gasteiger partial charge in [-0.25, -0.2) is 0 Å².